The lowest BCUT2D eigenvalue weighted by Gasteiger charge is -2.21. The van der Waals surface area contributed by atoms with Gasteiger partial charge in [0.1, 0.15) is 12.6 Å². The second-order valence-electron chi connectivity index (χ2n) is 5.35. The number of nitrogens with zero attached hydrogens (tertiary/aromatic N) is 2. The van der Waals surface area contributed by atoms with E-state index in [2.05, 4.69) is 5.32 Å². The van der Waals surface area contributed by atoms with Crippen molar-refractivity contribution in [3.05, 3.63) is 48.0 Å². The van der Waals surface area contributed by atoms with E-state index in [-0.39, 0.29) is 25.2 Å². The van der Waals surface area contributed by atoms with Crippen LogP contribution in [0.5, 0.6) is 11.5 Å². The number of carbonyl (C=O) groups is 2. The number of amides is 2. The highest BCUT2D eigenvalue weighted by molar-refractivity contribution is 6.02. The Kier molecular flexibility index (Phi) is 4.53. The molecule has 0 atom stereocenters. The molecule has 2 amide bonds. The predicted octanol–water partition coefficient (Wildman–Crippen LogP) is 2.28. The Morgan fingerprint density at radius 1 is 1.20 bits per heavy atom. The van der Waals surface area contributed by atoms with Crippen molar-refractivity contribution in [1.29, 1.82) is 5.26 Å². The van der Waals surface area contributed by atoms with Crippen molar-refractivity contribution in [2.24, 2.45) is 0 Å². The molecule has 1 aliphatic rings. The monoisotopic (exact) mass is 337 g/mol. The lowest BCUT2D eigenvalue weighted by atomic mass is 10.1. The van der Waals surface area contributed by atoms with Gasteiger partial charge in [-0.2, -0.15) is 5.26 Å². The number of benzene rings is 2. The smallest absolute Gasteiger partial charge is 0.244 e. The van der Waals surface area contributed by atoms with Gasteiger partial charge in [-0.25, -0.2) is 0 Å². The molecule has 1 heterocycles. The molecule has 0 bridgehead atoms. The molecular formula is C18H15N3O4. The molecule has 2 aromatic rings. The van der Waals surface area contributed by atoms with Crippen LogP contribution in [0, 0.1) is 11.3 Å². The number of ether oxygens (including phenoxy) is 2. The summed E-state index contributed by atoms with van der Waals surface area (Å²) in [6.45, 7) is 1.29. The van der Waals surface area contributed by atoms with Crippen LogP contribution in [0.4, 0.5) is 11.4 Å². The molecule has 1 aliphatic heterocycles. The van der Waals surface area contributed by atoms with Gasteiger partial charge in [0, 0.05) is 18.7 Å². The third kappa shape index (κ3) is 3.53. The van der Waals surface area contributed by atoms with Gasteiger partial charge in [0.05, 0.1) is 11.3 Å². The summed E-state index contributed by atoms with van der Waals surface area (Å²) in [6, 6.07) is 13.7. The second kappa shape index (κ2) is 6.93. The van der Waals surface area contributed by atoms with E-state index in [1.807, 2.05) is 6.07 Å². The molecule has 126 valence electrons. The molecule has 1 N–H and O–H groups in total. The van der Waals surface area contributed by atoms with Gasteiger partial charge >= 0.3 is 0 Å². The Bertz CT molecular complexity index is 873. The molecule has 25 heavy (non-hydrogen) atoms. The molecule has 0 unspecified atom stereocenters. The van der Waals surface area contributed by atoms with Gasteiger partial charge in [-0.3, -0.25) is 9.59 Å². The first-order valence-corrected chi connectivity index (χ1v) is 7.55. The van der Waals surface area contributed by atoms with Gasteiger partial charge in [-0.15, -0.1) is 0 Å². The van der Waals surface area contributed by atoms with Gasteiger partial charge in [0.2, 0.25) is 18.6 Å². The maximum atomic E-state index is 12.3. The Balaban J connectivity index is 1.75. The van der Waals surface area contributed by atoms with Crippen LogP contribution in [0.25, 0.3) is 0 Å². The van der Waals surface area contributed by atoms with Gasteiger partial charge in [0.25, 0.3) is 0 Å². The fraction of sp³-hybridized carbons (Fsp3) is 0.167. The molecule has 0 spiro atoms. The van der Waals surface area contributed by atoms with Crippen LogP contribution in [0.2, 0.25) is 0 Å². The fourth-order valence-electron chi connectivity index (χ4n) is 2.49. The highest BCUT2D eigenvalue weighted by atomic mass is 16.7. The molecule has 2 aromatic carbocycles. The van der Waals surface area contributed by atoms with Crippen LogP contribution in [0.1, 0.15) is 12.5 Å². The minimum atomic E-state index is -0.387. The third-order valence-electron chi connectivity index (χ3n) is 3.65. The van der Waals surface area contributed by atoms with Crippen molar-refractivity contribution in [3.8, 4) is 17.6 Å². The molecule has 0 saturated carbocycles. The predicted molar refractivity (Wildman–Crippen MR) is 90.4 cm³/mol. The average Bonchev–Trinajstić information content (AvgIpc) is 3.07. The fourth-order valence-corrected chi connectivity index (χ4v) is 2.49. The second-order valence-corrected chi connectivity index (χ2v) is 5.35. The van der Waals surface area contributed by atoms with Crippen molar-refractivity contribution in [2.75, 3.05) is 23.6 Å². The van der Waals surface area contributed by atoms with E-state index in [1.165, 1.54) is 11.8 Å². The lowest BCUT2D eigenvalue weighted by molar-refractivity contribution is -0.120. The van der Waals surface area contributed by atoms with Crippen LogP contribution in [0.15, 0.2) is 42.5 Å². The highest BCUT2D eigenvalue weighted by Gasteiger charge is 2.19. The summed E-state index contributed by atoms with van der Waals surface area (Å²) in [5, 5.41) is 11.9. The van der Waals surface area contributed by atoms with E-state index in [4.69, 9.17) is 9.47 Å². The van der Waals surface area contributed by atoms with Crippen molar-refractivity contribution in [2.45, 2.75) is 6.92 Å². The Morgan fingerprint density at radius 3 is 2.72 bits per heavy atom. The van der Waals surface area contributed by atoms with Crippen molar-refractivity contribution >= 4 is 23.2 Å². The summed E-state index contributed by atoms with van der Waals surface area (Å²) in [6.07, 6.45) is 0. The molecular weight excluding hydrogens is 322 g/mol. The molecule has 7 nitrogen and oxygen atoms in total. The van der Waals surface area contributed by atoms with E-state index in [0.717, 1.165) is 0 Å². The van der Waals surface area contributed by atoms with Crippen LogP contribution in [0.3, 0.4) is 0 Å². The summed E-state index contributed by atoms with van der Waals surface area (Å²) in [5.41, 5.74) is 1.26. The average molecular weight is 337 g/mol. The molecule has 3 rings (SSSR count). The van der Waals surface area contributed by atoms with Crippen molar-refractivity contribution in [3.63, 3.8) is 0 Å². The van der Waals surface area contributed by atoms with Crippen LogP contribution in [-0.2, 0) is 9.59 Å². The van der Waals surface area contributed by atoms with Gasteiger partial charge in [-0.1, -0.05) is 12.1 Å². The number of hydrogen-bond donors (Lipinski definition) is 1. The minimum Gasteiger partial charge on any atom is -0.454 e. The third-order valence-corrected chi connectivity index (χ3v) is 3.65. The molecule has 0 aliphatic carbocycles. The summed E-state index contributed by atoms with van der Waals surface area (Å²) in [5.74, 6) is 0.452. The zero-order valence-corrected chi connectivity index (χ0v) is 13.5. The highest BCUT2D eigenvalue weighted by Crippen LogP contribution is 2.34. The van der Waals surface area contributed by atoms with Crippen LogP contribution < -0.4 is 19.7 Å². The summed E-state index contributed by atoms with van der Waals surface area (Å²) >= 11 is 0. The number of nitrogens with one attached hydrogen (secondary N) is 1. The van der Waals surface area contributed by atoms with Gasteiger partial charge < -0.3 is 19.7 Å². The SMILES string of the molecule is CC(=O)N(CC(=O)Nc1ccc2c(c1)OCO2)c1ccccc1C#N. The van der Waals surface area contributed by atoms with E-state index < -0.39 is 0 Å². The quantitative estimate of drug-likeness (QED) is 0.924. The number of fused-ring (bicyclic) bond motifs is 1. The van der Waals surface area contributed by atoms with Crippen LogP contribution in [-0.4, -0.2) is 25.2 Å². The Labute approximate surface area is 144 Å². The number of hydrogen-bond acceptors (Lipinski definition) is 5. The standard InChI is InChI=1S/C18H15N3O4/c1-12(22)21(15-5-3-2-4-13(15)9-19)10-18(23)20-14-6-7-16-17(8-14)25-11-24-16/h2-8H,10-11H2,1H3,(H,20,23). The molecule has 7 heteroatoms. The number of para-hydroxylation sites is 1. The zero-order chi connectivity index (χ0) is 17.8. The van der Waals surface area contributed by atoms with E-state index in [0.29, 0.717) is 28.4 Å². The Morgan fingerprint density at radius 2 is 1.96 bits per heavy atom. The first-order valence-electron chi connectivity index (χ1n) is 7.55. The topological polar surface area (TPSA) is 91.7 Å². The maximum absolute atomic E-state index is 12.3. The molecule has 0 fully saturated rings. The van der Waals surface area contributed by atoms with Crippen LogP contribution >= 0.6 is 0 Å². The van der Waals surface area contributed by atoms with Crippen molar-refractivity contribution < 1.29 is 19.1 Å². The number of rotatable bonds is 4. The summed E-state index contributed by atoms with van der Waals surface area (Å²) in [4.78, 5) is 25.6. The van der Waals surface area contributed by atoms with Gasteiger partial charge in [0.15, 0.2) is 11.5 Å². The zero-order valence-electron chi connectivity index (χ0n) is 13.5. The molecule has 0 saturated heterocycles. The summed E-state index contributed by atoms with van der Waals surface area (Å²) < 4.78 is 10.5. The number of anilines is 2. The maximum Gasteiger partial charge on any atom is 0.244 e. The van der Waals surface area contributed by atoms with E-state index >= 15 is 0 Å². The van der Waals surface area contributed by atoms with E-state index in [9.17, 15) is 14.9 Å². The first-order chi connectivity index (χ1) is 12.1. The lowest BCUT2D eigenvalue weighted by Crippen LogP contribution is -2.37. The number of carbonyl (C=O) groups excluding carboxylic acids is 2. The molecule has 0 radical (unpaired) electrons. The normalized spacial score (nSPS) is 11.5. The minimum absolute atomic E-state index is 0.149. The van der Waals surface area contributed by atoms with E-state index in [1.54, 1.807) is 42.5 Å². The Hall–Kier alpha value is -3.53. The summed E-state index contributed by atoms with van der Waals surface area (Å²) in [7, 11) is 0. The van der Waals surface area contributed by atoms with Gasteiger partial charge in [-0.05, 0) is 24.3 Å². The van der Waals surface area contributed by atoms with Crippen molar-refractivity contribution in [1.82, 2.24) is 0 Å². The largest absolute Gasteiger partial charge is 0.454 e. The first kappa shape index (κ1) is 16.3. The number of nitriles is 1. The molecule has 0 aromatic heterocycles.